The molecule has 0 radical (unpaired) electrons. The molecule has 0 saturated heterocycles. The van der Waals surface area contributed by atoms with Crippen LogP contribution in [0, 0.1) is 0 Å². The summed E-state index contributed by atoms with van der Waals surface area (Å²) in [6.07, 6.45) is 2.96. The Bertz CT molecular complexity index is 798. The molecule has 7 nitrogen and oxygen atoms in total. The number of hydrazine groups is 1. The van der Waals surface area contributed by atoms with E-state index in [9.17, 15) is 8.42 Å². The monoisotopic (exact) mass is 319 g/mol. The summed E-state index contributed by atoms with van der Waals surface area (Å²) in [4.78, 5) is 5.08. The van der Waals surface area contributed by atoms with Gasteiger partial charge in [0.2, 0.25) is 10.0 Å². The molecule has 1 aliphatic rings. The van der Waals surface area contributed by atoms with Gasteiger partial charge < -0.3 is 9.57 Å². The van der Waals surface area contributed by atoms with E-state index in [1.54, 1.807) is 42.6 Å². The fourth-order valence-electron chi connectivity index (χ4n) is 1.94. The van der Waals surface area contributed by atoms with E-state index in [0.29, 0.717) is 11.4 Å². The van der Waals surface area contributed by atoms with Crippen LogP contribution in [0.4, 0.5) is 5.69 Å². The third kappa shape index (κ3) is 2.83. The molecule has 2 aromatic rings. The van der Waals surface area contributed by atoms with Crippen molar-refractivity contribution >= 4 is 15.7 Å². The number of para-hydroxylation sites is 2. The molecule has 114 valence electrons. The van der Waals surface area contributed by atoms with Crippen LogP contribution in [0.15, 0.2) is 65.9 Å². The van der Waals surface area contributed by atoms with Gasteiger partial charge in [-0.05, 0) is 24.3 Å². The number of sulfonamides is 1. The Morgan fingerprint density at radius 3 is 2.50 bits per heavy atom. The Labute approximate surface area is 127 Å². The lowest BCUT2D eigenvalue weighted by molar-refractivity contribution is 0.219. The van der Waals surface area contributed by atoms with Crippen molar-refractivity contribution in [3.63, 3.8) is 0 Å². The lowest BCUT2D eigenvalue weighted by atomic mass is 10.3. The number of anilines is 1. The molecule has 0 aromatic heterocycles. The smallest absolute Gasteiger partial charge is 0.241 e. The molecule has 1 heterocycles. The summed E-state index contributed by atoms with van der Waals surface area (Å²) in [5, 5.41) is 6.55. The third-order valence-electron chi connectivity index (χ3n) is 2.87. The van der Waals surface area contributed by atoms with E-state index in [0.717, 1.165) is 0 Å². The van der Waals surface area contributed by atoms with Crippen LogP contribution in [0.1, 0.15) is 0 Å². The van der Waals surface area contributed by atoms with E-state index < -0.39 is 10.0 Å². The second-order valence-corrected chi connectivity index (χ2v) is 5.93. The van der Waals surface area contributed by atoms with Crippen LogP contribution in [0.25, 0.3) is 0 Å². The van der Waals surface area contributed by atoms with Gasteiger partial charge >= 0.3 is 0 Å². The predicted molar refractivity (Wildman–Crippen MR) is 80.2 cm³/mol. The number of ether oxygens (including phenoxy) is 1. The molecule has 0 spiro atoms. The highest BCUT2D eigenvalue weighted by molar-refractivity contribution is 7.89. The van der Waals surface area contributed by atoms with Crippen LogP contribution >= 0.6 is 0 Å². The maximum atomic E-state index is 11.8. The van der Waals surface area contributed by atoms with Crippen molar-refractivity contribution in [1.82, 2.24) is 5.43 Å². The number of nitrogens with one attached hydrogen (secondary N) is 1. The molecule has 2 aromatic carbocycles. The fraction of sp³-hybridized carbons (Fsp3) is 0. The van der Waals surface area contributed by atoms with Crippen LogP contribution in [-0.4, -0.2) is 8.42 Å². The van der Waals surface area contributed by atoms with Crippen LogP contribution in [0.3, 0.4) is 0 Å². The number of nitrogens with zero attached hydrogens (tertiary/aromatic N) is 1. The van der Waals surface area contributed by atoms with Gasteiger partial charge in [0.05, 0.1) is 6.20 Å². The standard InChI is InChI=1S/C14H13N3O4S/c15-22(18,19)13-8-4-7-12(17-16-9-10-20-17)14(13)21-11-5-2-1-3-6-11/h1-10,16H,(H2,15,18,19). The second kappa shape index (κ2) is 5.58. The van der Waals surface area contributed by atoms with Crippen molar-refractivity contribution in [3.05, 3.63) is 61.0 Å². The van der Waals surface area contributed by atoms with Crippen LogP contribution in [-0.2, 0) is 14.9 Å². The van der Waals surface area contributed by atoms with E-state index >= 15 is 0 Å². The van der Waals surface area contributed by atoms with E-state index in [-0.39, 0.29) is 10.6 Å². The zero-order valence-corrected chi connectivity index (χ0v) is 12.2. The van der Waals surface area contributed by atoms with Gasteiger partial charge in [0, 0.05) is 0 Å². The maximum absolute atomic E-state index is 11.8. The molecule has 0 amide bonds. The lowest BCUT2D eigenvalue weighted by Gasteiger charge is -2.21. The Morgan fingerprint density at radius 2 is 1.86 bits per heavy atom. The van der Waals surface area contributed by atoms with E-state index in [2.05, 4.69) is 5.43 Å². The first kappa shape index (κ1) is 14.2. The molecule has 0 fully saturated rings. The van der Waals surface area contributed by atoms with Gasteiger partial charge in [0.25, 0.3) is 0 Å². The van der Waals surface area contributed by atoms with Gasteiger partial charge in [-0.1, -0.05) is 24.3 Å². The van der Waals surface area contributed by atoms with Crippen LogP contribution in [0.2, 0.25) is 0 Å². The number of hydrogen-bond acceptors (Lipinski definition) is 6. The van der Waals surface area contributed by atoms with Gasteiger partial charge in [-0.25, -0.2) is 13.6 Å². The third-order valence-corrected chi connectivity index (χ3v) is 3.81. The highest BCUT2D eigenvalue weighted by atomic mass is 32.2. The number of primary sulfonamides is 1. The average molecular weight is 319 g/mol. The van der Waals surface area contributed by atoms with Crippen LogP contribution in [0.5, 0.6) is 11.5 Å². The molecule has 0 unspecified atom stereocenters. The Balaban J connectivity index is 2.10. The van der Waals surface area contributed by atoms with Gasteiger partial charge in [-0.15, -0.1) is 5.17 Å². The molecule has 0 aliphatic carbocycles. The van der Waals surface area contributed by atoms with Gasteiger partial charge in [-0.3, -0.25) is 5.43 Å². The van der Waals surface area contributed by atoms with Crippen molar-refractivity contribution in [2.45, 2.75) is 4.90 Å². The first-order valence-electron chi connectivity index (χ1n) is 6.32. The van der Waals surface area contributed by atoms with E-state index in [1.165, 1.54) is 17.5 Å². The van der Waals surface area contributed by atoms with Gasteiger partial charge in [-0.2, -0.15) is 0 Å². The van der Waals surface area contributed by atoms with E-state index in [4.69, 9.17) is 14.7 Å². The second-order valence-electron chi connectivity index (χ2n) is 4.40. The molecular formula is C14H13N3O4S. The van der Waals surface area contributed by atoms with Crippen molar-refractivity contribution in [2.75, 3.05) is 5.17 Å². The zero-order valence-electron chi connectivity index (χ0n) is 11.3. The van der Waals surface area contributed by atoms with Gasteiger partial charge in [0.1, 0.15) is 22.6 Å². The summed E-state index contributed by atoms with van der Waals surface area (Å²) < 4.78 is 29.4. The lowest BCUT2D eigenvalue weighted by Crippen LogP contribution is -2.28. The maximum Gasteiger partial charge on any atom is 0.241 e. The molecule has 1 aliphatic heterocycles. The summed E-state index contributed by atoms with van der Waals surface area (Å²) in [6, 6.07) is 13.4. The Morgan fingerprint density at radius 1 is 1.09 bits per heavy atom. The summed E-state index contributed by atoms with van der Waals surface area (Å²) in [5.74, 6) is 0.555. The summed E-state index contributed by atoms with van der Waals surface area (Å²) in [7, 11) is -3.96. The van der Waals surface area contributed by atoms with Crippen molar-refractivity contribution < 1.29 is 18.0 Å². The SMILES string of the molecule is NS(=O)(=O)c1cccc(N2NC=CO2)c1Oc1ccccc1. The van der Waals surface area contributed by atoms with Crippen molar-refractivity contribution in [3.8, 4) is 11.5 Å². The number of rotatable bonds is 4. The molecule has 22 heavy (non-hydrogen) atoms. The molecule has 0 bridgehead atoms. The minimum atomic E-state index is -3.96. The summed E-state index contributed by atoms with van der Waals surface area (Å²) in [5.41, 5.74) is 3.17. The van der Waals surface area contributed by atoms with Crippen molar-refractivity contribution in [2.24, 2.45) is 5.14 Å². The molecule has 0 saturated carbocycles. The highest BCUT2D eigenvalue weighted by Gasteiger charge is 2.24. The average Bonchev–Trinajstić information content (AvgIpc) is 3.01. The summed E-state index contributed by atoms with van der Waals surface area (Å²) in [6.45, 7) is 0. The van der Waals surface area contributed by atoms with Crippen molar-refractivity contribution in [1.29, 1.82) is 0 Å². The van der Waals surface area contributed by atoms with Crippen LogP contribution < -0.4 is 20.5 Å². The first-order chi connectivity index (χ1) is 10.6. The predicted octanol–water partition coefficient (Wildman–Crippen LogP) is 1.85. The number of benzene rings is 2. The quantitative estimate of drug-likeness (QED) is 0.893. The molecule has 0 atom stereocenters. The molecular weight excluding hydrogens is 306 g/mol. The first-order valence-corrected chi connectivity index (χ1v) is 7.87. The zero-order chi connectivity index (χ0) is 15.6. The fourth-order valence-corrected chi connectivity index (χ4v) is 2.62. The number of nitrogens with two attached hydrogens (primary N) is 1. The molecule has 8 heteroatoms. The minimum absolute atomic E-state index is 0.0763. The normalized spacial score (nSPS) is 13.6. The highest BCUT2D eigenvalue weighted by Crippen LogP contribution is 2.37. The molecule has 3 rings (SSSR count). The van der Waals surface area contributed by atoms with Gasteiger partial charge in [0.15, 0.2) is 5.75 Å². The number of hydrogen-bond donors (Lipinski definition) is 2. The minimum Gasteiger partial charge on any atom is -0.454 e. The Hall–Kier alpha value is -2.71. The Kier molecular flexibility index (Phi) is 3.61. The van der Waals surface area contributed by atoms with E-state index in [1.807, 2.05) is 6.07 Å². The summed E-state index contributed by atoms with van der Waals surface area (Å²) >= 11 is 0. The topological polar surface area (TPSA) is 93.9 Å². The largest absolute Gasteiger partial charge is 0.454 e. The molecule has 3 N–H and O–H groups in total.